The number of amides is 2. The third-order valence-electron chi connectivity index (χ3n) is 4.24. The van der Waals surface area contributed by atoms with E-state index in [1.54, 1.807) is 12.1 Å². The van der Waals surface area contributed by atoms with Gasteiger partial charge in [-0.15, -0.1) is 0 Å². The Kier molecular flexibility index (Phi) is 6.06. The minimum Gasteiger partial charge on any atom is -0.493 e. The number of nitrogens with one attached hydrogen (secondary N) is 3. The molecular weight excluding hydrogens is 358 g/mol. The first-order valence-electron chi connectivity index (χ1n) is 8.72. The number of fused-ring (bicyclic) bond motifs is 1. The molecule has 0 heterocycles. The Hall–Kier alpha value is -3.61. The van der Waals surface area contributed by atoms with Crippen molar-refractivity contribution in [2.75, 3.05) is 38.6 Å². The van der Waals surface area contributed by atoms with Gasteiger partial charge < -0.3 is 30.2 Å². The number of ether oxygens (including phenoxy) is 3. The van der Waals surface area contributed by atoms with E-state index >= 15 is 0 Å². The Morgan fingerprint density at radius 1 is 0.893 bits per heavy atom. The molecule has 28 heavy (non-hydrogen) atoms. The van der Waals surface area contributed by atoms with E-state index in [0.29, 0.717) is 22.9 Å². The molecule has 0 radical (unpaired) electrons. The third-order valence-corrected chi connectivity index (χ3v) is 4.24. The Labute approximate surface area is 163 Å². The number of benzene rings is 3. The molecule has 3 N–H and O–H groups in total. The van der Waals surface area contributed by atoms with Gasteiger partial charge in [0, 0.05) is 23.2 Å². The largest absolute Gasteiger partial charge is 0.493 e. The zero-order valence-electron chi connectivity index (χ0n) is 16.0. The van der Waals surface area contributed by atoms with Crippen molar-refractivity contribution in [1.29, 1.82) is 0 Å². The lowest BCUT2D eigenvalue weighted by Crippen LogP contribution is -2.33. The van der Waals surface area contributed by atoms with Crippen LogP contribution in [-0.4, -0.2) is 34.0 Å². The molecule has 3 rings (SSSR count). The minimum absolute atomic E-state index is 0.268. The van der Waals surface area contributed by atoms with Crippen molar-refractivity contribution in [3.63, 3.8) is 0 Å². The molecule has 0 unspecified atom stereocenters. The minimum atomic E-state index is -0.359. The maximum Gasteiger partial charge on any atom is 0.320 e. The molecular formula is C21H23N3O4. The quantitative estimate of drug-likeness (QED) is 0.538. The van der Waals surface area contributed by atoms with Gasteiger partial charge in [-0.05, 0) is 11.5 Å². The fourth-order valence-electron chi connectivity index (χ4n) is 2.93. The molecule has 3 aromatic rings. The molecule has 0 aliphatic carbocycles. The van der Waals surface area contributed by atoms with E-state index in [1.807, 2.05) is 42.5 Å². The van der Waals surface area contributed by atoms with Gasteiger partial charge in [-0.2, -0.15) is 0 Å². The van der Waals surface area contributed by atoms with Crippen molar-refractivity contribution >= 4 is 28.2 Å². The van der Waals surface area contributed by atoms with Gasteiger partial charge in [0.1, 0.15) is 0 Å². The van der Waals surface area contributed by atoms with Crippen molar-refractivity contribution in [3.05, 3.63) is 54.6 Å². The second kappa shape index (κ2) is 8.85. The summed E-state index contributed by atoms with van der Waals surface area (Å²) in [5.74, 6) is 1.39. The Bertz CT molecular complexity index is 945. The lowest BCUT2D eigenvalue weighted by Gasteiger charge is -2.15. The number of urea groups is 1. The van der Waals surface area contributed by atoms with Crippen molar-refractivity contribution in [3.8, 4) is 17.2 Å². The van der Waals surface area contributed by atoms with Crippen molar-refractivity contribution < 1.29 is 19.0 Å². The van der Waals surface area contributed by atoms with Crippen molar-refractivity contribution in [2.45, 2.75) is 0 Å². The van der Waals surface area contributed by atoms with Gasteiger partial charge in [0.25, 0.3) is 0 Å². The lowest BCUT2D eigenvalue weighted by molar-refractivity contribution is 0.252. The molecule has 0 aliphatic heterocycles. The molecule has 0 aromatic heterocycles. The van der Waals surface area contributed by atoms with E-state index in [2.05, 4.69) is 16.0 Å². The van der Waals surface area contributed by atoms with Gasteiger partial charge in [-0.25, -0.2) is 4.79 Å². The number of hydrogen-bond acceptors (Lipinski definition) is 5. The first kappa shape index (κ1) is 19.2. The summed E-state index contributed by atoms with van der Waals surface area (Å²) in [4.78, 5) is 12.2. The average Bonchev–Trinajstić information content (AvgIpc) is 2.73. The van der Waals surface area contributed by atoms with E-state index in [0.717, 1.165) is 16.5 Å². The van der Waals surface area contributed by atoms with Crippen LogP contribution in [0.25, 0.3) is 10.8 Å². The molecule has 0 atom stereocenters. The molecule has 0 saturated carbocycles. The molecule has 0 spiro atoms. The maximum atomic E-state index is 12.2. The Morgan fingerprint density at radius 3 is 2.25 bits per heavy atom. The number of hydrogen-bond donors (Lipinski definition) is 3. The predicted octanol–water partition coefficient (Wildman–Crippen LogP) is 4.06. The number of carbonyl (C=O) groups excluding carboxylic acids is 1. The normalized spacial score (nSPS) is 10.2. The average molecular weight is 381 g/mol. The van der Waals surface area contributed by atoms with Gasteiger partial charge in [0.15, 0.2) is 11.5 Å². The van der Waals surface area contributed by atoms with Crippen LogP contribution in [-0.2, 0) is 0 Å². The van der Waals surface area contributed by atoms with Crippen LogP contribution >= 0.6 is 0 Å². The highest BCUT2D eigenvalue weighted by atomic mass is 16.5. The summed E-state index contributed by atoms with van der Waals surface area (Å²) >= 11 is 0. The highest BCUT2D eigenvalue weighted by Gasteiger charge is 2.14. The van der Waals surface area contributed by atoms with Crippen LogP contribution in [0.15, 0.2) is 54.6 Å². The molecule has 0 fully saturated rings. The summed E-state index contributed by atoms with van der Waals surface area (Å²) in [5.41, 5.74) is 1.48. The van der Waals surface area contributed by atoms with Crippen molar-refractivity contribution in [1.82, 2.24) is 5.32 Å². The number of methoxy groups -OCH3 is 3. The summed E-state index contributed by atoms with van der Waals surface area (Å²) in [6.07, 6.45) is 0. The molecule has 0 bridgehead atoms. The Balaban J connectivity index is 1.63. The van der Waals surface area contributed by atoms with Crippen LogP contribution in [0.4, 0.5) is 16.2 Å². The number of rotatable bonds is 7. The van der Waals surface area contributed by atoms with Crippen molar-refractivity contribution in [2.24, 2.45) is 0 Å². The summed E-state index contributed by atoms with van der Waals surface area (Å²) in [7, 11) is 4.57. The summed E-state index contributed by atoms with van der Waals surface area (Å²) < 4.78 is 15.9. The van der Waals surface area contributed by atoms with Gasteiger partial charge in [-0.3, -0.25) is 0 Å². The van der Waals surface area contributed by atoms with Crippen LogP contribution in [0.5, 0.6) is 17.2 Å². The SMILES string of the molecule is COc1cc(NC(=O)NCNc2cccc3ccccc23)cc(OC)c1OC. The van der Waals surface area contributed by atoms with Crippen LogP contribution in [0.1, 0.15) is 0 Å². The molecule has 7 nitrogen and oxygen atoms in total. The third kappa shape index (κ3) is 4.20. The summed E-state index contributed by atoms with van der Waals surface area (Å²) in [6, 6.07) is 17.0. The van der Waals surface area contributed by atoms with E-state index in [-0.39, 0.29) is 12.7 Å². The van der Waals surface area contributed by atoms with E-state index in [1.165, 1.54) is 21.3 Å². The van der Waals surface area contributed by atoms with E-state index < -0.39 is 0 Å². The van der Waals surface area contributed by atoms with Crippen LogP contribution in [0.3, 0.4) is 0 Å². The highest BCUT2D eigenvalue weighted by molar-refractivity contribution is 5.94. The zero-order valence-corrected chi connectivity index (χ0v) is 16.0. The first-order valence-corrected chi connectivity index (χ1v) is 8.72. The van der Waals surface area contributed by atoms with Gasteiger partial charge in [0.05, 0.1) is 33.7 Å². The molecule has 2 amide bonds. The zero-order chi connectivity index (χ0) is 19.9. The monoisotopic (exact) mass is 381 g/mol. The van der Waals surface area contributed by atoms with E-state index in [4.69, 9.17) is 14.2 Å². The molecule has 0 saturated heterocycles. The summed E-state index contributed by atoms with van der Waals surface area (Å²) in [5, 5.41) is 11.0. The van der Waals surface area contributed by atoms with E-state index in [9.17, 15) is 4.79 Å². The maximum absolute atomic E-state index is 12.2. The molecule has 7 heteroatoms. The summed E-state index contributed by atoms with van der Waals surface area (Å²) in [6.45, 7) is 0.268. The first-order chi connectivity index (χ1) is 13.7. The predicted molar refractivity (Wildman–Crippen MR) is 111 cm³/mol. The van der Waals surface area contributed by atoms with Crippen LogP contribution < -0.4 is 30.2 Å². The van der Waals surface area contributed by atoms with Crippen LogP contribution in [0, 0.1) is 0 Å². The van der Waals surface area contributed by atoms with Crippen LogP contribution in [0.2, 0.25) is 0 Å². The fraction of sp³-hybridized carbons (Fsp3) is 0.190. The molecule has 3 aromatic carbocycles. The number of anilines is 2. The molecule has 0 aliphatic rings. The second-order valence-electron chi connectivity index (χ2n) is 5.93. The topological polar surface area (TPSA) is 80.9 Å². The van der Waals surface area contributed by atoms with Gasteiger partial charge in [-0.1, -0.05) is 36.4 Å². The molecule has 146 valence electrons. The fourth-order valence-corrected chi connectivity index (χ4v) is 2.93. The second-order valence-corrected chi connectivity index (χ2v) is 5.93. The standard InChI is InChI=1S/C21H23N3O4/c1-26-18-11-15(12-19(27-2)20(18)28-3)24-21(25)23-13-22-17-10-6-8-14-7-4-5-9-16(14)17/h4-12,22H,13H2,1-3H3,(H2,23,24,25). The number of carbonyl (C=O) groups is 1. The lowest BCUT2D eigenvalue weighted by atomic mass is 10.1. The smallest absolute Gasteiger partial charge is 0.320 e. The Morgan fingerprint density at radius 2 is 1.57 bits per heavy atom. The van der Waals surface area contributed by atoms with Gasteiger partial charge >= 0.3 is 6.03 Å². The highest BCUT2D eigenvalue weighted by Crippen LogP contribution is 2.39. The van der Waals surface area contributed by atoms with Gasteiger partial charge in [0.2, 0.25) is 5.75 Å².